The Kier molecular flexibility index (Phi) is 4.41. The van der Waals surface area contributed by atoms with Gasteiger partial charge in [0.1, 0.15) is 0 Å². The lowest BCUT2D eigenvalue weighted by molar-refractivity contribution is 0.0655. The molecule has 3 fully saturated rings. The third-order valence-electron chi connectivity index (χ3n) is 6.07. The Labute approximate surface area is 114 Å². The molecule has 0 radical (unpaired) electrons. The molecule has 4 atom stereocenters. The molecule has 1 nitrogen and oxygen atoms in total. The summed E-state index contributed by atoms with van der Waals surface area (Å²) in [5.74, 6) is 0.908. The molecule has 3 saturated carbocycles. The van der Waals surface area contributed by atoms with Gasteiger partial charge in [-0.1, -0.05) is 46.5 Å². The van der Waals surface area contributed by atoms with E-state index in [4.69, 9.17) is 5.73 Å². The molecule has 3 rings (SSSR count). The third-order valence-corrected chi connectivity index (χ3v) is 6.07. The molecule has 0 aromatic heterocycles. The number of hydrogen-bond acceptors (Lipinski definition) is 1. The molecule has 0 saturated heterocycles. The molecule has 3 aliphatic carbocycles. The summed E-state index contributed by atoms with van der Waals surface area (Å²) in [6.45, 7) is 7.41. The van der Waals surface area contributed by atoms with Gasteiger partial charge in [0.05, 0.1) is 0 Å². The molecule has 0 spiro atoms. The summed E-state index contributed by atoms with van der Waals surface area (Å²) < 4.78 is 0. The molecule has 106 valence electrons. The summed E-state index contributed by atoms with van der Waals surface area (Å²) in [7, 11) is 0. The van der Waals surface area contributed by atoms with Crippen LogP contribution < -0.4 is 5.73 Å². The van der Waals surface area contributed by atoms with Gasteiger partial charge in [-0.2, -0.15) is 0 Å². The first-order chi connectivity index (χ1) is 8.47. The van der Waals surface area contributed by atoms with Gasteiger partial charge >= 0.3 is 0 Å². The van der Waals surface area contributed by atoms with E-state index in [1.807, 2.05) is 0 Å². The van der Waals surface area contributed by atoms with Crippen molar-refractivity contribution in [3.8, 4) is 0 Å². The molecule has 1 heteroatoms. The molecule has 0 amide bonds. The zero-order valence-corrected chi connectivity index (χ0v) is 12.8. The van der Waals surface area contributed by atoms with Gasteiger partial charge in [0.25, 0.3) is 0 Å². The highest BCUT2D eigenvalue weighted by atomic mass is 14.7. The van der Waals surface area contributed by atoms with Crippen molar-refractivity contribution in [2.24, 2.45) is 22.5 Å². The van der Waals surface area contributed by atoms with Crippen molar-refractivity contribution < 1.29 is 0 Å². The predicted molar refractivity (Wildman–Crippen MR) is 79.5 cm³/mol. The van der Waals surface area contributed by atoms with Crippen LogP contribution in [-0.2, 0) is 0 Å². The molecule has 2 N–H and O–H groups in total. The normalized spacial score (nSPS) is 46.7. The summed E-state index contributed by atoms with van der Waals surface area (Å²) >= 11 is 0. The molecule has 2 bridgehead atoms. The fraction of sp³-hybridized carbons (Fsp3) is 1.00. The van der Waals surface area contributed by atoms with Gasteiger partial charge in [0, 0.05) is 6.04 Å². The number of rotatable bonds is 1. The van der Waals surface area contributed by atoms with Crippen molar-refractivity contribution >= 4 is 0 Å². The van der Waals surface area contributed by atoms with Gasteiger partial charge in [-0.05, 0) is 55.3 Å². The predicted octanol–water partition coefficient (Wildman–Crippen LogP) is 4.89. The Morgan fingerprint density at radius 3 is 2.44 bits per heavy atom. The van der Waals surface area contributed by atoms with E-state index in [-0.39, 0.29) is 0 Å². The first-order valence-electron chi connectivity index (χ1n) is 8.23. The van der Waals surface area contributed by atoms with Crippen molar-refractivity contribution in [2.75, 3.05) is 0 Å². The highest BCUT2D eigenvalue weighted by Gasteiger charge is 2.39. The molecular formula is C17H33N. The average molecular weight is 251 g/mol. The van der Waals surface area contributed by atoms with E-state index in [9.17, 15) is 0 Å². The summed E-state index contributed by atoms with van der Waals surface area (Å²) in [4.78, 5) is 0. The second-order valence-electron chi connectivity index (χ2n) is 7.84. The molecule has 0 aromatic carbocycles. The molecule has 0 heterocycles. The fourth-order valence-corrected chi connectivity index (χ4v) is 5.01. The van der Waals surface area contributed by atoms with Crippen LogP contribution in [0.2, 0.25) is 0 Å². The third kappa shape index (κ3) is 3.10. The zero-order valence-electron chi connectivity index (χ0n) is 12.8. The maximum Gasteiger partial charge on any atom is 0.00492 e. The van der Waals surface area contributed by atoms with Gasteiger partial charge in [-0.3, -0.25) is 0 Å². The van der Waals surface area contributed by atoms with Gasteiger partial charge in [0.15, 0.2) is 0 Å². The van der Waals surface area contributed by atoms with E-state index < -0.39 is 0 Å². The van der Waals surface area contributed by atoms with Crippen molar-refractivity contribution in [1.29, 1.82) is 0 Å². The maximum absolute atomic E-state index is 6.50. The van der Waals surface area contributed by atoms with E-state index in [1.165, 1.54) is 64.2 Å². The van der Waals surface area contributed by atoms with Gasteiger partial charge in [-0.15, -0.1) is 0 Å². The van der Waals surface area contributed by atoms with Gasteiger partial charge in [0.2, 0.25) is 0 Å². The Bertz CT molecular complexity index is 275. The highest BCUT2D eigenvalue weighted by Crippen LogP contribution is 2.49. The Balaban J connectivity index is 2.22. The van der Waals surface area contributed by atoms with Crippen LogP contribution in [0, 0.1) is 16.7 Å². The van der Waals surface area contributed by atoms with E-state index in [0.29, 0.717) is 16.9 Å². The van der Waals surface area contributed by atoms with Crippen molar-refractivity contribution in [3.63, 3.8) is 0 Å². The minimum Gasteiger partial charge on any atom is -0.328 e. The Morgan fingerprint density at radius 2 is 1.72 bits per heavy atom. The lowest BCUT2D eigenvalue weighted by Gasteiger charge is -2.46. The molecule has 3 aliphatic rings. The second-order valence-corrected chi connectivity index (χ2v) is 7.84. The van der Waals surface area contributed by atoms with Gasteiger partial charge in [-0.25, -0.2) is 0 Å². The summed E-state index contributed by atoms with van der Waals surface area (Å²) in [5.41, 5.74) is 7.56. The van der Waals surface area contributed by atoms with Gasteiger partial charge < -0.3 is 5.73 Å². The van der Waals surface area contributed by atoms with Crippen LogP contribution in [0.25, 0.3) is 0 Å². The van der Waals surface area contributed by atoms with Crippen LogP contribution in [0.5, 0.6) is 0 Å². The fourth-order valence-electron chi connectivity index (χ4n) is 5.01. The molecule has 0 aromatic rings. The van der Waals surface area contributed by atoms with Crippen LogP contribution in [0.4, 0.5) is 0 Å². The lowest BCUT2D eigenvalue weighted by Crippen LogP contribution is -2.41. The number of nitrogens with two attached hydrogens (primary N) is 1. The Morgan fingerprint density at radius 1 is 1.00 bits per heavy atom. The van der Waals surface area contributed by atoms with Crippen LogP contribution in [0.3, 0.4) is 0 Å². The number of fused-ring (bicyclic) bond motifs is 8. The first-order valence-corrected chi connectivity index (χ1v) is 8.23. The van der Waals surface area contributed by atoms with Crippen LogP contribution in [0.15, 0.2) is 0 Å². The summed E-state index contributed by atoms with van der Waals surface area (Å²) in [6, 6.07) is 0.437. The minimum absolute atomic E-state index is 0.437. The van der Waals surface area contributed by atoms with E-state index in [1.54, 1.807) is 0 Å². The van der Waals surface area contributed by atoms with E-state index in [0.717, 1.165) is 5.92 Å². The second kappa shape index (κ2) is 5.53. The first kappa shape index (κ1) is 14.4. The van der Waals surface area contributed by atoms with Crippen LogP contribution >= 0.6 is 0 Å². The molecule has 18 heavy (non-hydrogen) atoms. The quantitative estimate of drug-likeness (QED) is 0.705. The lowest BCUT2D eigenvalue weighted by atomic mass is 9.60. The van der Waals surface area contributed by atoms with Crippen LogP contribution in [0.1, 0.15) is 85.0 Å². The zero-order chi connectivity index (χ0) is 13.2. The smallest absolute Gasteiger partial charge is 0.00492 e. The largest absolute Gasteiger partial charge is 0.328 e. The SMILES string of the molecule is CCC1CCCCC2(C)CCCC1(C)CC(N)C2. The van der Waals surface area contributed by atoms with Crippen molar-refractivity contribution in [3.05, 3.63) is 0 Å². The summed E-state index contributed by atoms with van der Waals surface area (Å²) in [6.07, 6.45) is 13.8. The standard InChI is InChI=1S/C17H33N/c1-4-14-8-5-6-9-16(2)10-7-11-17(14,3)13-15(18)12-16/h14-15H,4-13,18H2,1-3H3. The van der Waals surface area contributed by atoms with E-state index >= 15 is 0 Å². The molecular weight excluding hydrogens is 218 g/mol. The van der Waals surface area contributed by atoms with Crippen molar-refractivity contribution in [1.82, 2.24) is 0 Å². The van der Waals surface area contributed by atoms with Crippen molar-refractivity contribution in [2.45, 2.75) is 91.0 Å². The highest BCUT2D eigenvalue weighted by molar-refractivity contribution is 4.92. The minimum atomic E-state index is 0.437. The molecule has 4 unspecified atom stereocenters. The monoisotopic (exact) mass is 251 g/mol. The topological polar surface area (TPSA) is 26.0 Å². The Hall–Kier alpha value is -0.0400. The summed E-state index contributed by atoms with van der Waals surface area (Å²) in [5, 5.41) is 0. The molecule has 0 aliphatic heterocycles. The average Bonchev–Trinajstić information content (AvgIpc) is 2.26. The maximum atomic E-state index is 6.50. The van der Waals surface area contributed by atoms with E-state index in [2.05, 4.69) is 20.8 Å². The van der Waals surface area contributed by atoms with Crippen LogP contribution in [-0.4, -0.2) is 6.04 Å². The number of hydrogen-bond donors (Lipinski definition) is 1.